The molecular formula is C22H18ClN3O2S2. The number of nitrogens with one attached hydrogen (secondary N) is 1. The van der Waals surface area contributed by atoms with Gasteiger partial charge in [0.15, 0.2) is 5.16 Å². The molecule has 4 rings (SSSR count). The molecule has 2 heterocycles. The quantitative estimate of drug-likeness (QED) is 0.328. The van der Waals surface area contributed by atoms with Crippen molar-refractivity contribution >= 4 is 50.8 Å². The van der Waals surface area contributed by atoms with Crippen molar-refractivity contribution in [2.24, 2.45) is 0 Å². The SMILES string of the molecule is O=C(CSc1nc2ccsc2c(=O)n1-c1ccc(Cl)cc1)NCCc1ccccc1. The van der Waals surface area contributed by atoms with E-state index in [4.69, 9.17) is 11.6 Å². The van der Waals surface area contributed by atoms with Crippen molar-refractivity contribution in [2.75, 3.05) is 12.3 Å². The van der Waals surface area contributed by atoms with Crippen molar-refractivity contribution in [3.63, 3.8) is 0 Å². The highest BCUT2D eigenvalue weighted by molar-refractivity contribution is 7.99. The van der Waals surface area contributed by atoms with Gasteiger partial charge in [0.25, 0.3) is 5.56 Å². The van der Waals surface area contributed by atoms with Crippen LogP contribution in [0.3, 0.4) is 0 Å². The third-order valence-corrected chi connectivity index (χ3v) is 6.53. The van der Waals surface area contributed by atoms with Crippen molar-refractivity contribution in [3.8, 4) is 5.69 Å². The van der Waals surface area contributed by atoms with Crippen molar-refractivity contribution in [3.05, 3.63) is 87.0 Å². The van der Waals surface area contributed by atoms with Crippen LogP contribution in [0.2, 0.25) is 5.02 Å². The summed E-state index contributed by atoms with van der Waals surface area (Å²) in [6.45, 7) is 0.560. The van der Waals surface area contributed by atoms with Gasteiger partial charge in [-0.25, -0.2) is 4.98 Å². The van der Waals surface area contributed by atoms with E-state index in [1.807, 2.05) is 41.8 Å². The van der Waals surface area contributed by atoms with Crippen molar-refractivity contribution in [2.45, 2.75) is 11.6 Å². The van der Waals surface area contributed by atoms with Crippen LogP contribution in [0.1, 0.15) is 5.56 Å². The lowest BCUT2D eigenvalue weighted by molar-refractivity contribution is -0.118. The van der Waals surface area contributed by atoms with Gasteiger partial charge in [0.05, 0.1) is 17.0 Å². The van der Waals surface area contributed by atoms with Gasteiger partial charge >= 0.3 is 0 Å². The van der Waals surface area contributed by atoms with E-state index in [1.165, 1.54) is 33.2 Å². The summed E-state index contributed by atoms with van der Waals surface area (Å²) < 4.78 is 2.12. The van der Waals surface area contributed by atoms with E-state index in [0.29, 0.717) is 32.6 Å². The molecule has 0 saturated carbocycles. The van der Waals surface area contributed by atoms with E-state index in [2.05, 4.69) is 10.3 Å². The maximum absolute atomic E-state index is 13.1. The Morgan fingerprint density at radius 1 is 1.10 bits per heavy atom. The summed E-state index contributed by atoms with van der Waals surface area (Å²) in [6, 6.07) is 18.8. The lowest BCUT2D eigenvalue weighted by Gasteiger charge is -2.12. The predicted molar refractivity (Wildman–Crippen MR) is 124 cm³/mol. The van der Waals surface area contributed by atoms with Gasteiger partial charge in [-0.1, -0.05) is 53.7 Å². The summed E-state index contributed by atoms with van der Waals surface area (Å²) >= 11 is 8.59. The zero-order valence-electron chi connectivity index (χ0n) is 15.9. The van der Waals surface area contributed by atoms with Gasteiger partial charge in [-0.2, -0.15) is 0 Å². The number of hydrogen-bond acceptors (Lipinski definition) is 5. The number of benzene rings is 2. The first-order valence-corrected chi connectivity index (χ1v) is 11.6. The molecule has 0 spiro atoms. The van der Waals surface area contributed by atoms with Crippen LogP contribution in [0, 0.1) is 0 Å². The topological polar surface area (TPSA) is 64.0 Å². The largest absolute Gasteiger partial charge is 0.355 e. The maximum atomic E-state index is 13.1. The molecule has 0 aliphatic heterocycles. The minimum Gasteiger partial charge on any atom is -0.355 e. The smallest absolute Gasteiger partial charge is 0.276 e. The second-order valence-electron chi connectivity index (χ2n) is 6.52. The average molecular weight is 456 g/mol. The Labute approximate surface area is 186 Å². The number of nitrogens with zero attached hydrogens (tertiary/aromatic N) is 2. The number of amides is 1. The van der Waals surface area contributed by atoms with Gasteiger partial charge in [0.2, 0.25) is 5.91 Å². The number of halogens is 1. The maximum Gasteiger partial charge on any atom is 0.276 e. The van der Waals surface area contributed by atoms with E-state index in [-0.39, 0.29) is 17.2 Å². The van der Waals surface area contributed by atoms with Gasteiger partial charge in [-0.05, 0) is 47.7 Å². The molecule has 30 heavy (non-hydrogen) atoms. The number of hydrogen-bond donors (Lipinski definition) is 1. The van der Waals surface area contributed by atoms with Gasteiger partial charge in [0, 0.05) is 11.6 Å². The highest BCUT2D eigenvalue weighted by Gasteiger charge is 2.15. The normalized spacial score (nSPS) is 11.0. The van der Waals surface area contributed by atoms with Crippen molar-refractivity contribution in [1.29, 1.82) is 0 Å². The Bertz CT molecular complexity index is 1220. The molecule has 0 bridgehead atoms. The molecule has 0 fully saturated rings. The fourth-order valence-electron chi connectivity index (χ4n) is 2.98. The first-order valence-electron chi connectivity index (χ1n) is 9.31. The van der Waals surface area contributed by atoms with Gasteiger partial charge in [-0.15, -0.1) is 11.3 Å². The molecule has 0 atom stereocenters. The van der Waals surface area contributed by atoms with Crippen LogP contribution in [-0.2, 0) is 11.2 Å². The lowest BCUT2D eigenvalue weighted by atomic mass is 10.1. The molecule has 0 saturated heterocycles. The summed E-state index contributed by atoms with van der Waals surface area (Å²) in [5.41, 5.74) is 2.33. The highest BCUT2D eigenvalue weighted by atomic mass is 35.5. The van der Waals surface area contributed by atoms with Gasteiger partial charge in [0.1, 0.15) is 4.70 Å². The number of carbonyl (C=O) groups is 1. The Kier molecular flexibility index (Phi) is 6.52. The Morgan fingerprint density at radius 2 is 1.87 bits per heavy atom. The van der Waals surface area contributed by atoms with Crippen molar-refractivity contribution < 1.29 is 4.79 Å². The van der Waals surface area contributed by atoms with E-state index in [9.17, 15) is 9.59 Å². The summed E-state index contributed by atoms with van der Waals surface area (Å²) in [5, 5.41) is 5.83. The number of thioether (sulfide) groups is 1. The molecule has 0 aliphatic rings. The summed E-state index contributed by atoms with van der Waals surface area (Å²) in [6.07, 6.45) is 0.770. The highest BCUT2D eigenvalue weighted by Crippen LogP contribution is 2.24. The minimum absolute atomic E-state index is 0.0988. The fraction of sp³-hybridized carbons (Fsp3) is 0.136. The number of aromatic nitrogens is 2. The van der Waals surface area contributed by atoms with Crippen LogP contribution in [0.25, 0.3) is 15.9 Å². The molecule has 0 unspecified atom stereocenters. The second-order valence-corrected chi connectivity index (χ2v) is 8.82. The van der Waals surface area contributed by atoms with Crippen LogP contribution in [-0.4, -0.2) is 27.8 Å². The molecule has 0 radical (unpaired) electrons. The van der Waals surface area contributed by atoms with E-state index >= 15 is 0 Å². The first-order chi connectivity index (χ1) is 14.6. The van der Waals surface area contributed by atoms with Crippen LogP contribution in [0.5, 0.6) is 0 Å². The third-order valence-electron chi connectivity index (χ3n) is 4.45. The molecular weight excluding hydrogens is 438 g/mol. The molecule has 152 valence electrons. The van der Waals surface area contributed by atoms with Gasteiger partial charge in [-0.3, -0.25) is 14.2 Å². The summed E-state index contributed by atoms with van der Waals surface area (Å²) in [7, 11) is 0. The zero-order chi connectivity index (χ0) is 20.9. The molecule has 1 N–H and O–H groups in total. The number of carbonyl (C=O) groups excluding carboxylic acids is 1. The monoisotopic (exact) mass is 455 g/mol. The van der Waals surface area contributed by atoms with Crippen LogP contribution >= 0.6 is 34.7 Å². The second kappa shape index (κ2) is 9.47. The molecule has 2 aromatic carbocycles. The molecule has 0 aliphatic carbocycles. The van der Waals surface area contributed by atoms with Crippen LogP contribution < -0.4 is 10.9 Å². The summed E-state index contributed by atoms with van der Waals surface area (Å²) in [5.74, 6) is 0.0723. The van der Waals surface area contributed by atoms with Crippen molar-refractivity contribution in [1.82, 2.24) is 14.9 Å². The standard InChI is InChI=1S/C22H18ClN3O2S2/c23-16-6-8-17(9-7-16)26-21(28)20-18(11-13-29-20)25-22(26)30-14-19(27)24-12-10-15-4-2-1-3-5-15/h1-9,11,13H,10,12,14H2,(H,24,27). The van der Waals surface area contributed by atoms with Gasteiger partial charge < -0.3 is 5.32 Å². The van der Waals surface area contributed by atoms with Crippen LogP contribution in [0.15, 0.2) is 76.0 Å². The van der Waals surface area contributed by atoms with E-state index < -0.39 is 0 Å². The number of rotatable bonds is 7. The number of fused-ring (bicyclic) bond motifs is 1. The van der Waals surface area contributed by atoms with Crippen LogP contribution in [0.4, 0.5) is 0 Å². The molecule has 2 aromatic heterocycles. The fourth-order valence-corrected chi connectivity index (χ4v) is 4.71. The molecule has 1 amide bonds. The van der Waals surface area contributed by atoms with E-state index in [1.54, 1.807) is 24.3 Å². The Morgan fingerprint density at radius 3 is 2.63 bits per heavy atom. The Balaban J connectivity index is 1.50. The molecule has 5 nitrogen and oxygen atoms in total. The predicted octanol–water partition coefficient (Wildman–Crippen LogP) is 4.55. The number of thiophene rings is 1. The first kappa shape index (κ1) is 20.7. The minimum atomic E-state index is -0.149. The summed E-state index contributed by atoms with van der Waals surface area (Å²) in [4.78, 5) is 30.0. The van der Waals surface area contributed by atoms with E-state index in [0.717, 1.165) is 6.42 Å². The third kappa shape index (κ3) is 4.75. The lowest BCUT2D eigenvalue weighted by Crippen LogP contribution is -2.28. The Hall–Kier alpha value is -2.61. The zero-order valence-corrected chi connectivity index (χ0v) is 18.3. The average Bonchev–Trinajstić information content (AvgIpc) is 3.23. The molecule has 8 heteroatoms. The molecule has 4 aromatic rings.